The van der Waals surface area contributed by atoms with Crippen molar-refractivity contribution < 1.29 is 4.79 Å². The smallest absolute Gasteiger partial charge is 0.225 e. The van der Waals surface area contributed by atoms with Gasteiger partial charge in [0.25, 0.3) is 0 Å². The third-order valence-electron chi connectivity index (χ3n) is 3.68. The summed E-state index contributed by atoms with van der Waals surface area (Å²) >= 11 is 5.86. The maximum absolute atomic E-state index is 12.4. The van der Waals surface area contributed by atoms with Crippen LogP contribution in [0.3, 0.4) is 0 Å². The Kier molecular flexibility index (Phi) is 4.83. The molecule has 0 unspecified atom stereocenters. The van der Waals surface area contributed by atoms with Crippen LogP contribution >= 0.6 is 11.6 Å². The topological polar surface area (TPSA) is 32.3 Å². The number of rotatable bonds is 3. The minimum absolute atomic E-state index is 0.161. The van der Waals surface area contributed by atoms with E-state index in [0.717, 1.165) is 30.0 Å². The van der Waals surface area contributed by atoms with E-state index in [1.54, 1.807) is 0 Å². The van der Waals surface area contributed by atoms with Crippen molar-refractivity contribution in [2.45, 2.75) is 32.4 Å². The van der Waals surface area contributed by atoms with Gasteiger partial charge in [0.15, 0.2) is 0 Å². The average Bonchev–Trinajstić information content (AvgIpc) is 2.40. The van der Waals surface area contributed by atoms with E-state index in [9.17, 15) is 4.79 Å². The van der Waals surface area contributed by atoms with E-state index in [2.05, 4.69) is 12.2 Å². The molecule has 2 atom stereocenters. The van der Waals surface area contributed by atoms with Crippen LogP contribution in [0.2, 0.25) is 5.02 Å². The minimum atomic E-state index is 0.161. The molecule has 3 nitrogen and oxygen atoms in total. The molecule has 0 radical (unpaired) electrons. The Hall–Kier alpha value is -1.06. The molecular weight excluding hydrogens is 260 g/mol. The van der Waals surface area contributed by atoms with E-state index >= 15 is 0 Å². The Bertz CT molecular complexity index is 432. The van der Waals surface area contributed by atoms with Crippen LogP contribution in [0.1, 0.15) is 25.3 Å². The number of piperidine rings is 1. The molecule has 2 rings (SSSR count). The third-order valence-corrected chi connectivity index (χ3v) is 3.93. The highest BCUT2D eigenvalue weighted by Crippen LogP contribution is 2.19. The van der Waals surface area contributed by atoms with E-state index in [4.69, 9.17) is 11.6 Å². The lowest BCUT2D eigenvalue weighted by atomic mass is 9.92. The van der Waals surface area contributed by atoms with Gasteiger partial charge in [0.1, 0.15) is 0 Å². The molecular formula is C15H21ClN2O. The van der Waals surface area contributed by atoms with Gasteiger partial charge in [-0.05, 0) is 44.0 Å². The van der Waals surface area contributed by atoms with Crippen molar-refractivity contribution in [3.63, 3.8) is 0 Å². The fourth-order valence-electron chi connectivity index (χ4n) is 2.61. The Labute approximate surface area is 119 Å². The van der Waals surface area contributed by atoms with E-state index < -0.39 is 0 Å². The summed E-state index contributed by atoms with van der Waals surface area (Å²) in [5.41, 5.74) is 1.11. The molecule has 0 spiro atoms. The van der Waals surface area contributed by atoms with Crippen molar-refractivity contribution in [2.24, 2.45) is 5.92 Å². The predicted molar refractivity (Wildman–Crippen MR) is 78.1 cm³/mol. The van der Waals surface area contributed by atoms with Crippen molar-refractivity contribution >= 4 is 17.5 Å². The van der Waals surface area contributed by atoms with E-state index in [1.807, 2.05) is 36.2 Å². The number of hydrogen-bond donors (Lipinski definition) is 1. The fraction of sp³-hybridized carbons (Fsp3) is 0.533. The van der Waals surface area contributed by atoms with Gasteiger partial charge >= 0.3 is 0 Å². The van der Waals surface area contributed by atoms with Crippen molar-refractivity contribution in [2.75, 3.05) is 13.6 Å². The first-order valence-corrected chi connectivity index (χ1v) is 7.17. The molecule has 19 heavy (non-hydrogen) atoms. The van der Waals surface area contributed by atoms with E-state index in [1.165, 1.54) is 0 Å². The predicted octanol–water partition coefficient (Wildman–Crippen LogP) is 2.69. The van der Waals surface area contributed by atoms with Crippen LogP contribution in [0, 0.1) is 5.92 Å². The molecule has 1 aromatic rings. The summed E-state index contributed by atoms with van der Waals surface area (Å²) in [5.74, 6) is 0.414. The Balaban J connectivity index is 1.93. The minimum Gasteiger partial charge on any atom is -0.341 e. The van der Waals surface area contributed by atoms with Crippen LogP contribution in [0.4, 0.5) is 0 Å². The van der Waals surface area contributed by atoms with Gasteiger partial charge < -0.3 is 10.2 Å². The van der Waals surface area contributed by atoms with Crippen LogP contribution in [-0.4, -0.2) is 30.4 Å². The molecule has 1 amide bonds. The molecule has 1 aromatic carbocycles. The molecule has 0 aliphatic carbocycles. The first-order chi connectivity index (χ1) is 9.06. The molecule has 1 N–H and O–H groups in total. The number of nitrogens with zero attached hydrogens (tertiary/aromatic N) is 1. The van der Waals surface area contributed by atoms with Crippen LogP contribution in [0.5, 0.6) is 0 Å². The van der Waals surface area contributed by atoms with Crippen LogP contribution in [0.15, 0.2) is 24.3 Å². The number of carbonyl (C=O) groups excluding carboxylic acids is 1. The average molecular weight is 281 g/mol. The molecule has 1 heterocycles. The molecule has 0 saturated carbocycles. The first-order valence-electron chi connectivity index (χ1n) is 6.79. The lowest BCUT2D eigenvalue weighted by Crippen LogP contribution is -2.42. The zero-order chi connectivity index (χ0) is 13.8. The number of halogens is 1. The fourth-order valence-corrected chi connectivity index (χ4v) is 2.74. The van der Waals surface area contributed by atoms with Gasteiger partial charge in [0.2, 0.25) is 5.91 Å². The highest BCUT2D eigenvalue weighted by atomic mass is 35.5. The Morgan fingerprint density at radius 1 is 1.42 bits per heavy atom. The monoisotopic (exact) mass is 280 g/mol. The van der Waals surface area contributed by atoms with Crippen molar-refractivity contribution in [3.05, 3.63) is 34.9 Å². The molecule has 0 bridgehead atoms. The Morgan fingerprint density at radius 2 is 2.11 bits per heavy atom. The molecule has 1 fully saturated rings. The summed E-state index contributed by atoms with van der Waals surface area (Å²) in [7, 11) is 1.88. The molecule has 1 aliphatic rings. The quantitative estimate of drug-likeness (QED) is 0.923. The number of amides is 1. The molecule has 104 valence electrons. The molecule has 1 saturated heterocycles. The summed E-state index contributed by atoms with van der Waals surface area (Å²) in [4.78, 5) is 14.2. The van der Waals surface area contributed by atoms with Gasteiger partial charge in [0.05, 0.1) is 0 Å². The molecule has 1 aliphatic heterocycles. The van der Waals surface area contributed by atoms with Gasteiger partial charge in [-0.25, -0.2) is 0 Å². The summed E-state index contributed by atoms with van der Waals surface area (Å²) < 4.78 is 0. The van der Waals surface area contributed by atoms with Gasteiger partial charge in [0, 0.05) is 30.6 Å². The van der Waals surface area contributed by atoms with Crippen LogP contribution in [0.25, 0.3) is 0 Å². The summed E-state index contributed by atoms with van der Waals surface area (Å²) in [6.07, 6.45) is 1.87. The third kappa shape index (κ3) is 3.95. The van der Waals surface area contributed by atoms with Crippen molar-refractivity contribution in [1.29, 1.82) is 0 Å². The van der Waals surface area contributed by atoms with Gasteiger partial charge in [-0.3, -0.25) is 4.79 Å². The number of nitrogens with one attached hydrogen (secondary N) is 1. The van der Waals surface area contributed by atoms with Crippen molar-refractivity contribution in [1.82, 2.24) is 10.2 Å². The highest BCUT2D eigenvalue weighted by molar-refractivity contribution is 6.30. The summed E-state index contributed by atoms with van der Waals surface area (Å²) in [6, 6.07) is 8.10. The van der Waals surface area contributed by atoms with E-state index in [0.29, 0.717) is 12.6 Å². The lowest BCUT2D eigenvalue weighted by Gasteiger charge is -2.30. The van der Waals surface area contributed by atoms with Gasteiger partial charge in [-0.1, -0.05) is 23.7 Å². The second-order valence-electron chi connectivity index (χ2n) is 5.40. The SMILES string of the molecule is C[C@H]1C[C@@H](C(=O)N(C)Cc2ccc(Cl)cc2)CCN1. The van der Waals surface area contributed by atoms with E-state index in [-0.39, 0.29) is 11.8 Å². The Morgan fingerprint density at radius 3 is 2.74 bits per heavy atom. The molecule has 0 aromatic heterocycles. The molecule has 4 heteroatoms. The maximum atomic E-state index is 12.4. The lowest BCUT2D eigenvalue weighted by molar-refractivity contribution is -0.135. The standard InChI is InChI=1S/C15H21ClN2O/c1-11-9-13(7-8-17-11)15(19)18(2)10-12-3-5-14(16)6-4-12/h3-6,11,13,17H,7-10H2,1-2H3/t11-,13-/m0/s1. The second-order valence-corrected chi connectivity index (χ2v) is 5.83. The van der Waals surface area contributed by atoms with Crippen molar-refractivity contribution in [3.8, 4) is 0 Å². The van der Waals surface area contributed by atoms with Gasteiger partial charge in [-0.2, -0.15) is 0 Å². The second kappa shape index (κ2) is 6.40. The van der Waals surface area contributed by atoms with Gasteiger partial charge in [-0.15, -0.1) is 0 Å². The zero-order valence-corrected chi connectivity index (χ0v) is 12.3. The largest absolute Gasteiger partial charge is 0.341 e. The van der Waals surface area contributed by atoms with Crippen LogP contribution in [-0.2, 0) is 11.3 Å². The zero-order valence-electron chi connectivity index (χ0n) is 11.5. The number of carbonyl (C=O) groups is 1. The maximum Gasteiger partial charge on any atom is 0.225 e. The first kappa shape index (κ1) is 14.4. The van der Waals surface area contributed by atoms with Crippen LogP contribution < -0.4 is 5.32 Å². The highest BCUT2D eigenvalue weighted by Gasteiger charge is 2.26. The summed E-state index contributed by atoms with van der Waals surface area (Å²) in [6.45, 7) is 3.72. The number of benzene rings is 1. The number of hydrogen-bond acceptors (Lipinski definition) is 2. The normalized spacial score (nSPS) is 23.1. The summed E-state index contributed by atoms with van der Waals surface area (Å²) in [5, 5.41) is 4.10.